The Morgan fingerprint density at radius 2 is 1.64 bits per heavy atom. The number of benzene rings is 3. The molecule has 0 unspecified atom stereocenters. The molecule has 0 saturated carbocycles. The monoisotopic (exact) mass is 446 g/mol. The van der Waals surface area contributed by atoms with Crippen LogP contribution in [0.2, 0.25) is 0 Å². The second-order valence-electron chi connectivity index (χ2n) is 7.85. The molecule has 2 aliphatic heterocycles. The van der Waals surface area contributed by atoms with Crippen LogP contribution in [-0.4, -0.2) is 25.5 Å². The minimum absolute atomic E-state index is 0.0952. The smallest absolute Gasteiger partial charge is 0.282 e. The van der Waals surface area contributed by atoms with Crippen molar-refractivity contribution in [2.24, 2.45) is 0 Å². The molecule has 0 aliphatic carbocycles. The van der Waals surface area contributed by atoms with Crippen molar-refractivity contribution in [3.8, 4) is 5.75 Å². The van der Waals surface area contributed by atoms with Gasteiger partial charge in [-0.1, -0.05) is 36.4 Å². The molecule has 0 atom stereocenters. The average molecular weight is 446 g/mol. The standard InChI is InChI=1S/C26H20F2N2O3/c1-33-22-11-5-3-9-18(22)23-24(29-14-6-8-16-7-2-4-10-20(16)29)26(32)30(25(23)31)21-15-17(27)12-13-19(21)28/h2-5,7,9-13,15H,6,8,14H2,1H3. The Morgan fingerprint density at radius 1 is 0.879 bits per heavy atom. The van der Waals surface area contributed by atoms with E-state index in [0.29, 0.717) is 22.8 Å². The van der Waals surface area contributed by atoms with E-state index in [2.05, 4.69) is 0 Å². The Hall–Kier alpha value is -4.00. The van der Waals surface area contributed by atoms with Gasteiger partial charge >= 0.3 is 0 Å². The van der Waals surface area contributed by atoms with Gasteiger partial charge in [0, 0.05) is 23.9 Å². The number of anilines is 2. The molecule has 0 saturated heterocycles. The molecule has 2 heterocycles. The number of rotatable bonds is 4. The van der Waals surface area contributed by atoms with Gasteiger partial charge in [0.15, 0.2) is 0 Å². The third kappa shape index (κ3) is 3.36. The van der Waals surface area contributed by atoms with E-state index in [1.165, 1.54) is 7.11 Å². The van der Waals surface area contributed by atoms with Crippen molar-refractivity contribution in [2.75, 3.05) is 23.5 Å². The summed E-state index contributed by atoms with van der Waals surface area (Å²) in [7, 11) is 1.47. The van der Waals surface area contributed by atoms with Crippen LogP contribution >= 0.6 is 0 Å². The number of amides is 2. The van der Waals surface area contributed by atoms with E-state index in [1.54, 1.807) is 29.2 Å². The number of para-hydroxylation sites is 2. The van der Waals surface area contributed by atoms with Crippen molar-refractivity contribution >= 4 is 28.8 Å². The molecule has 3 aromatic rings. The molecule has 0 aromatic heterocycles. The van der Waals surface area contributed by atoms with E-state index in [0.717, 1.165) is 42.3 Å². The lowest BCUT2D eigenvalue weighted by Gasteiger charge is -2.32. The highest BCUT2D eigenvalue weighted by Gasteiger charge is 2.45. The van der Waals surface area contributed by atoms with E-state index < -0.39 is 29.1 Å². The van der Waals surface area contributed by atoms with Crippen LogP contribution in [0.5, 0.6) is 5.75 Å². The molecule has 2 aliphatic rings. The SMILES string of the molecule is COc1ccccc1C1=C(N2CCCc3ccccc32)C(=O)N(c2cc(F)ccc2F)C1=O. The van der Waals surface area contributed by atoms with E-state index in [1.807, 2.05) is 24.3 Å². The van der Waals surface area contributed by atoms with Crippen molar-refractivity contribution in [1.82, 2.24) is 0 Å². The number of methoxy groups -OCH3 is 1. The lowest BCUT2D eigenvalue weighted by Crippen LogP contribution is -2.37. The number of nitrogens with zero attached hydrogens (tertiary/aromatic N) is 2. The first-order valence-electron chi connectivity index (χ1n) is 10.6. The lowest BCUT2D eigenvalue weighted by molar-refractivity contribution is -0.120. The first kappa shape index (κ1) is 20.9. The highest BCUT2D eigenvalue weighted by atomic mass is 19.1. The molecule has 0 bridgehead atoms. The maximum Gasteiger partial charge on any atom is 0.282 e. The van der Waals surface area contributed by atoms with Gasteiger partial charge in [0.25, 0.3) is 11.8 Å². The molecule has 5 nitrogen and oxygen atoms in total. The van der Waals surface area contributed by atoms with Crippen LogP contribution in [0.4, 0.5) is 20.2 Å². The number of fused-ring (bicyclic) bond motifs is 1. The second-order valence-corrected chi connectivity index (χ2v) is 7.85. The van der Waals surface area contributed by atoms with Crippen LogP contribution in [0.3, 0.4) is 0 Å². The van der Waals surface area contributed by atoms with Gasteiger partial charge in [-0.15, -0.1) is 0 Å². The molecule has 0 N–H and O–H groups in total. The Labute approximate surface area is 189 Å². The van der Waals surface area contributed by atoms with Crippen molar-refractivity contribution in [3.63, 3.8) is 0 Å². The van der Waals surface area contributed by atoms with Gasteiger partial charge in [-0.05, 0) is 42.7 Å². The highest BCUT2D eigenvalue weighted by Crippen LogP contribution is 2.42. The average Bonchev–Trinajstić information content (AvgIpc) is 3.09. The van der Waals surface area contributed by atoms with Gasteiger partial charge in [-0.3, -0.25) is 9.59 Å². The third-order valence-corrected chi connectivity index (χ3v) is 5.96. The molecule has 3 aromatic carbocycles. The van der Waals surface area contributed by atoms with Crippen molar-refractivity contribution in [2.45, 2.75) is 12.8 Å². The number of hydrogen-bond donors (Lipinski definition) is 0. The maximum atomic E-state index is 14.7. The number of hydrogen-bond acceptors (Lipinski definition) is 4. The predicted molar refractivity (Wildman–Crippen MR) is 121 cm³/mol. The minimum atomic E-state index is -0.863. The highest BCUT2D eigenvalue weighted by molar-refractivity contribution is 6.46. The van der Waals surface area contributed by atoms with Crippen LogP contribution in [0.15, 0.2) is 72.4 Å². The first-order valence-corrected chi connectivity index (χ1v) is 10.6. The molecule has 5 rings (SSSR count). The summed E-state index contributed by atoms with van der Waals surface area (Å²) in [5.74, 6) is -2.65. The minimum Gasteiger partial charge on any atom is -0.496 e. The third-order valence-electron chi connectivity index (χ3n) is 5.96. The summed E-state index contributed by atoms with van der Waals surface area (Å²) < 4.78 is 34.1. The number of ether oxygens (including phenoxy) is 1. The molecule has 7 heteroatoms. The lowest BCUT2D eigenvalue weighted by atomic mass is 9.98. The van der Waals surface area contributed by atoms with Crippen LogP contribution in [0, 0.1) is 11.6 Å². The summed E-state index contributed by atoms with van der Waals surface area (Å²) in [6.45, 7) is 0.503. The second kappa shape index (κ2) is 8.16. The van der Waals surface area contributed by atoms with Crippen molar-refractivity contribution in [1.29, 1.82) is 0 Å². The first-order chi connectivity index (χ1) is 16.0. The Kier molecular flexibility index (Phi) is 5.17. The Bertz CT molecular complexity index is 1320. The topological polar surface area (TPSA) is 49.9 Å². The van der Waals surface area contributed by atoms with Crippen LogP contribution in [0.25, 0.3) is 5.57 Å². The van der Waals surface area contributed by atoms with Crippen LogP contribution in [0.1, 0.15) is 17.5 Å². The summed E-state index contributed by atoms with van der Waals surface area (Å²) in [4.78, 5) is 30.0. The summed E-state index contributed by atoms with van der Waals surface area (Å²) in [6, 6.07) is 17.2. The molecular formula is C26H20F2N2O3. The van der Waals surface area contributed by atoms with Crippen molar-refractivity contribution < 1.29 is 23.1 Å². The van der Waals surface area contributed by atoms with Crippen molar-refractivity contribution in [3.05, 3.63) is 95.2 Å². The van der Waals surface area contributed by atoms with Gasteiger partial charge in [0.05, 0.1) is 18.4 Å². The molecule has 33 heavy (non-hydrogen) atoms. The number of carbonyl (C=O) groups excluding carboxylic acids is 2. The van der Waals surface area contributed by atoms with Gasteiger partial charge in [-0.25, -0.2) is 13.7 Å². The quantitative estimate of drug-likeness (QED) is 0.545. The number of imide groups is 1. The fraction of sp³-hybridized carbons (Fsp3) is 0.154. The number of halogens is 2. The van der Waals surface area contributed by atoms with Gasteiger partial charge in [0.2, 0.25) is 0 Å². The summed E-state index contributed by atoms with van der Waals surface area (Å²) >= 11 is 0. The fourth-order valence-corrected chi connectivity index (χ4v) is 4.50. The van der Waals surface area contributed by atoms with Gasteiger partial charge in [-0.2, -0.15) is 0 Å². The van der Waals surface area contributed by atoms with Gasteiger partial charge in [0.1, 0.15) is 23.1 Å². The van der Waals surface area contributed by atoms with Crippen LogP contribution < -0.4 is 14.5 Å². The normalized spacial score (nSPS) is 15.8. The Balaban J connectivity index is 1.75. The molecule has 0 spiro atoms. The van der Waals surface area contributed by atoms with E-state index in [-0.39, 0.29) is 11.3 Å². The van der Waals surface area contributed by atoms with E-state index in [4.69, 9.17) is 4.74 Å². The predicted octanol–water partition coefficient (Wildman–Crippen LogP) is 4.71. The number of carbonyl (C=O) groups is 2. The summed E-state index contributed by atoms with van der Waals surface area (Å²) in [5.41, 5.74) is 2.08. The molecule has 2 amide bonds. The summed E-state index contributed by atoms with van der Waals surface area (Å²) in [6.07, 6.45) is 1.61. The molecule has 166 valence electrons. The molecule has 0 radical (unpaired) electrons. The Morgan fingerprint density at radius 3 is 2.45 bits per heavy atom. The molecule has 0 fully saturated rings. The summed E-state index contributed by atoms with van der Waals surface area (Å²) in [5, 5.41) is 0. The van der Waals surface area contributed by atoms with Gasteiger partial charge < -0.3 is 9.64 Å². The molecular weight excluding hydrogens is 426 g/mol. The van der Waals surface area contributed by atoms with E-state index >= 15 is 0 Å². The largest absolute Gasteiger partial charge is 0.496 e. The van der Waals surface area contributed by atoms with Crippen LogP contribution in [-0.2, 0) is 16.0 Å². The zero-order chi connectivity index (χ0) is 23.1. The fourth-order valence-electron chi connectivity index (χ4n) is 4.50. The number of aryl methyl sites for hydroxylation is 1. The maximum absolute atomic E-state index is 14.7. The van der Waals surface area contributed by atoms with E-state index in [9.17, 15) is 18.4 Å². The zero-order valence-corrected chi connectivity index (χ0v) is 17.8. The zero-order valence-electron chi connectivity index (χ0n) is 17.8.